The van der Waals surface area contributed by atoms with Crippen LogP contribution in [0.4, 0.5) is 0 Å². The lowest BCUT2D eigenvalue weighted by atomic mass is 9.93. The topological polar surface area (TPSA) is 20.7 Å². The third kappa shape index (κ3) is 2.58. The smallest absolute Gasteiger partial charge is 0.116 e. The number of fused-ring (bicyclic) bond motifs is 6. The second-order valence-electron chi connectivity index (χ2n) is 7.00. The Hall–Kier alpha value is -3.46. The minimum Gasteiger partial charge on any atom is -0.355 e. The fraction of sp³-hybridized carbons (Fsp3) is 0.0769. The lowest BCUT2D eigenvalue weighted by molar-refractivity contribution is 1.18. The average Bonchev–Trinajstić information content (AvgIpc) is 3.30. The molecule has 0 unspecified atom stereocenters. The van der Waals surface area contributed by atoms with Gasteiger partial charge in [-0.2, -0.15) is 0 Å². The van der Waals surface area contributed by atoms with Crippen LogP contribution in [0.1, 0.15) is 15.3 Å². The van der Waals surface area contributed by atoms with E-state index in [1.807, 2.05) is 26.0 Å². The van der Waals surface area contributed by atoms with Gasteiger partial charge in [-0.05, 0) is 30.3 Å². The van der Waals surface area contributed by atoms with Crippen molar-refractivity contribution < 1.29 is 1.43 Å². The van der Waals surface area contributed by atoms with Gasteiger partial charge >= 0.3 is 0 Å². The van der Waals surface area contributed by atoms with Gasteiger partial charge in [0.05, 0.1) is 11.0 Å². The van der Waals surface area contributed by atoms with E-state index in [9.17, 15) is 0 Å². The van der Waals surface area contributed by atoms with Crippen LogP contribution in [-0.4, -0.2) is 17.4 Å². The molecule has 0 amide bonds. The highest BCUT2D eigenvalue weighted by Gasteiger charge is 2.15. The van der Waals surface area contributed by atoms with Crippen LogP contribution in [-0.2, 0) is 0 Å². The molecule has 0 atom stereocenters. The second-order valence-corrected chi connectivity index (χ2v) is 7.00. The Morgan fingerprint density at radius 3 is 2.24 bits per heavy atom. The van der Waals surface area contributed by atoms with Crippen LogP contribution in [0, 0.1) is 0 Å². The maximum Gasteiger partial charge on any atom is 0.116 e. The predicted molar refractivity (Wildman–Crippen MR) is 129 cm³/mol. The summed E-state index contributed by atoms with van der Waals surface area (Å²) in [5.41, 5.74) is 6.48. The lowest BCUT2D eigenvalue weighted by Gasteiger charge is -2.07. The third-order valence-corrected chi connectivity index (χ3v) is 5.47. The Labute approximate surface area is 172 Å². The van der Waals surface area contributed by atoms with Crippen LogP contribution < -0.4 is 5.46 Å². The monoisotopic (exact) mass is 374 g/mol. The Bertz CT molecular complexity index is 1480. The van der Waals surface area contributed by atoms with Crippen LogP contribution >= 0.6 is 0 Å². The number of para-hydroxylation sites is 3. The van der Waals surface area contributed by atoms with Gasteiger partial charge in [-0.1, -0.05) is 73.9 Å². The van der Waals surface area contributed by atoms with E-state index in [1.54, 1.807) is 0 Å². The van der Waals surface area contributed by atoms with Gasteiger partial charge in [-0.3, -0.25) is 0 Å². The average molecular weight is 374 g/mol. The Balaban J connectivity index is 0.000000706. The van der Waals surface area contributed by atoms with Crippen LogP contribution in [0.5, 0.6) is 0 Å². The summed E-state index contributed by atoms with van der Waals surface area (Å²) >= 11 is 0. The quantitative estimate of drug-likeness (QED) is 0.318. The van der Waals surface area contributed by atoms with Crippen molar-refractivity contribution >= 4 is 56.9 Å². The minimum absolute atomic E-state index is 0. The molecule has 6 aromatic rings. The number of aromatic amines is 1. The molecule has 2 nitrogen and oxygen atoms in total. The molecule has 2 radical (unpaired) electrons. The highest BCUT2D eigenvalue weighted by atomic mass is 15.0. The number of nitrogens with one attached hydrogen (secondary N) is 1. The number of hydrogen-bond donors (Lipinski definition) is 1. The summed E-state index contributed by atoms with van der Waals surface area (Å²) in [7, 11) is 6.20. The van der Waals surface area contributed by atoms with Gasteiger partial charge < -0.3 is 9.55 Å². The number of aromatic nitrogens is 2. The summed E-state index contributed by atoms with van der Waals surface area (Å²) in [4.78, 5) is 3.52. The van der Waals surface area contributed by atoms with E-state index in [0.29, 0.717) is 0 Å². The molecule has 0 fully saturated rings. The largest absolute Gasteiger partial charge is 0.355 e. The first-order valence-electron chi connectivity index (χ1n) is 10.1. The van der Waals surface area contributed by atoms with Crippen molar-refractivity contribution in [1.82, 2.24) is 9.55 Å². The molecule has 2 heterocycles. The molecule has 140 valence electrons. The normalized spacial score (nSPS) is 11.2. The molecule has 0 aliphatic rings. The first-order chi connectivity index (χ1) is 14.3. The highest BCUT2D eigenvalue weighted by Crippen LogP contribution is 2.36. The van der Waals surface area contributed by atoms with Gasteiger partial charge in [0, 0.05) is 39.7 Å². The Morgan fingerprint density at radius 1 is 0.690 bits per heavy atom. The standard InChI is InChI=1S/C24H15BN2.C2H6.H2/c25-20-11-6-10-17-18-13-19-16-9-4-5-12-22(16)27(15-7-2-1-3-8-15)23(19)14-21(18)26-24(17)20;1-2;/h1-14,26H;1-2H3;1H. The SMILES string of the molecule is CC.[B]c1cccc2c1[nH]c1cc3c(cc12)c1ccccc1n3-c1ccccc1.[HH]. The van der Waals surface area contributed by atoms with Crippen LogP contribution in [0.2, 0.25) is 0 Å². The van der Waals surface area contributed by atoms with E-state index < -0.39 is 0 Å². The van der Waals surface area contributed by atoms with Crippen LogP contribution in [0.15, 0.2) is 84.9 Å². The van der Waals surface area contributed by atoms with E-state index in [0.717, 1.165) is 16.5 Å². The first kappa shape index (κ1) is 17.6. The van der Waals surface area contributed by atoms with Gasteiger partial charge in [0.2, 0.25) is 0 Å². The van der Waals surface area contributed by atoms with E-state index in [4.69, 9.17) is 7.85 Å². The summed E-state index contributed by atoms with van der Waals surface area (Å²) in [5, 5.41) is 4.89. The van der Waals surface area contributed by atoms with Gasteiger partial charge in [0.25, 0.3) is 0 Å². The molecule has 29 heavy (non-hydrogen) atoms. The zero-order valence-electron chi connectivity index (χ0n) is 16.6. The minimum atomic E-state index is 0. The molecule has 3 heteroatoms. The van der Waals surface area contributed by atoms with Gasteiger partial charge in [0.15, 0.2) is 0 Å². The zero-order chi connectivity index (χ0) is 20.0. The van der Waals surface area contributed by atoms with Gasteiger partial charge in [-0.25, -0.2) is 0 Å². The molecule has 0 spiro atoms. The van der Waals surface area contributed by atoms with E-state index in [2.05, 4.69) is 82.3 Å². The fourth-order valence-corrected chi connectivity index (χ4v) is 4.27. The first-order valence-corrected chi connectivity index (χ1v) is 10.1. The summed E-state index contributed by atoms with van der Waals surface area (Å²) in [6.45, 7) is 4.00. The molecular formula is C26H23BN2. The second kappa shape index (κ2) is 6.86. The van der Waals surface area contributed by atoms with E-state index in [1.165, 1.54) is 38.3 Å². The van der Waals surface area contributed by atoms with Crippen molar-refractivity contribution in [3.05, 3.63) is 84.9 Å². The van der Waals surface area contributed by atoms with Crippen molar-refractivity contribution in [1.29, 1.82) is 0 Å². The lowest BCUT2D eigenvalue weighted by Crippen LogP contribution is -2.01. The van der Waals surface area contributed by atoms with E-state index >= 15 is 0 Å². The summed E-state index contributed by atoms with van der Waals surface area (Å²) in [6, 6.07) is 29.7. The van der Waals surface area contributed by atoms with Crippen molar-refractivity contribution in [3.63, 3.8) is 0 Å². The molecule has 0 aliphatic carbocycles. The molecule has 4 aromatic carbocycles. The number of nitrogens with zero attached hydrogens (tertiary/aromatic N) is 1. The molecule has 0 saturated heterocycles. The summed E-state index contributed by atoms with van der Waals surface area (Å²) in [6.07, 6.45) is 0. The predicted octanol–water partition coefficient (Wildman–Crippen LogP) is 6.48. The highest BCUT2D eigenvalue weighted by molar-refractivity contribution is 6.39. The van der Waals surface area contributed by atoms with E-state index in [-0.39, 0.29) is 1.43 Å². The van der Waals surface area contributed by atoms with Crippen molar-refractivity contribution in [2.24, 2.45) is 0 Å². The maximum absolute atomic E-state index is 6.20. The summed E-state index contributed by atoms with van der Waals surface area (Å²) < 4.78 is 2.33. The Morgan fingerprint density at radius 2 is 1.41 bits per heavy atom. The number of rotatable bonds is 1. The fourth-order valence-electron chi connectivity index (χ4n) is 4.27. The molecule has 0 saturated carbocycles. The molecule has 6 rings (SSSR count). The molecular weight excluding hydrogens is 351 g/mol. The number of hydrogen-bond acceptors (Lipinski definition) is 0. The van der Waals surface area contributed by atoms with Crippen molar-refractivity contribution in [3.8, 4) is 5.69 Å². The maximum atomic E-state index is 6.20. The summed E-state index contributed by atoms with van der Waals surface area (Å²) in [5.74, 6) is 0. The van der Waals surface area contributed by atoms with Gasteiger partial charge in [-0.15, -0.1) is 0 Å². The number of H-pyrrole nitrogens is 1. The van der Waals surface area contributed by atoms with Crippen molar-refractivity contribution in [2.75, 3.05) is 0 Å². The van der Waals surface area contributed by atoms with Crippen LogP contribution in [0.3, 0.4) is 0 Å². The molecule has 2 aromatic heterocycles. The molecule has 0 aliphatic heterocycles. The number of benzene rings is 4. The third-order valence-electron chi connectivity index (χ3n) is 5.47. The van der Waals surface area contributed by atoms with Gasteiger partial charge in [0.1, 0.15) is 7.85 Å². The van der Waals surface area contributed by atoms with Crippen molar-refractivity contribution in [2.45, 2.75) is 13.8 Å². The van der Waals surface area contributed by atoms with Crippen LogP contribution in [0.25, 0.3) is 49.3 Å². The Kier molecular flexibility index (Phi) is 4.17. The zero-order valence-corrected chi connectivity index (χ0v) is 16.6. The molecule has 1 N–H and O–H groups in total. The molecule has 0 bridgehead atoms.